The lowest BCUT2D eigenvalue weighted by molar-refractivity contribution is -0.0275. The van der Waals surface area contributed by atoms with Gasteiger partial charge in [0.1, 0.15) is 23.8 Å². The lowest BCUT2D eigenvalue weighted by atomic mass is 10.1. The van der Waals surface area contributed by atoms with E-state index < -0.39 is 38.4 Å². The molecule has 2 aromatic rings. The van der Waals surface area contributed by atoms with Crippen LogP contribution in [0.4, 0.5) is 10.2 Å². The van der Waals surface area contributed by atoms with E-state index in [1.54, 1.807) is 0 Å². The number of aromatic nitrogens is 4. The normalized spacial score (nSPS) is 29.8. The molecule has 2 fully saturated rings. The number of nitrogens with one attached hydrogen (secondary N) is 2. The summed E-state index contributed by atoms with van der Waals surface area (Å²) in [7, 11) is -2.15. The van der Waals surface area contributed by atoms with E-state index in [0.717, 1.165) is 19.3 Å². The van der Waals surface area contributed by atoms with Crippen molar-refractivity contribution in [2.24, 2.45) is 0 Å². The van der Waals surface area contributed by atoms with Gasteiger partial charge in [0.25, 0.3) is 20.0 Å². The summed E-state index contributed by atoms with van der Waals surface area (Å²) in [5, 5.41) is 3.14. The summed E-state index contributed by atoms with van der Waals surface area (Å²) >= 11 is 0. The van der Waals surface area contributed by atoms with Crippen LogP contribution < -0.4 is 5.32 Å². The summed E-state index contributed by atoms with van der Waals surface area (Å²) in [6, 6.07) is 0. The second-order valence-corrected chi connectivity index (χ2v) is 9.51. The van der Waals surface area contributed by atoms with Crippen LogP contribution in [0, 0.1) is 6.08 Å². The Morgan fingerprint density at radius 1 is 1.36 bits per heavy atom. The number of halogens is 1. The third kappa shape index (κ3) is 4.40. The molecule has 10 nitrogen and oxygen atoms in total. The average Bonchev–Trinajstić information content (AvgIpc) is 3.24. The van der Waals surface area contributed by atoms with Gasteiger partial charge in [0.2, 0.25) is 0 Å². The van der Waals surface area contributed by atoms with E-state index >= 15 is 0 Å². The van der Waals surface area contributed by atoms with Gasteiger partial charge in [-0.25, -0.2) is 4.98 Å². The highest BCUT2D eigenvalue weighted by Crippen LogP contribution is 2.30. The van der Waals surface area contributed by atoms with Crippen molar-refractivity contribution in [3.63, 3.8) is 0 Å². The van der Waals surface area contributed by atoms with E-state index in [0.29, 0.717) is 18.7 Å². The van der Waals surface area contributed by atoms with Crippen LogP contribution in [-0.4, -0.2) is 77.7 Å². The maximum atomic E-state index is 13.8. The fraction of sp³-hybridized carbons (Fsp3) is 0.667. The molecule has 0 aromatic carbocycles. The standard InChI is InChI=1S/C15H24FN5O5Si2/c1-2-3-4-5-22-11-10-8(6-23-27-26-28-25-10)24-14(11)19-13-9-12(18-7-17-9)20-15(16)21-13/h7-8,10-11,14H,2-6,27-28H2,1H3,(H2,17,18,19,20,21)/t8-,10-,11+,14?/m1/s1. The highest BCUT2D eigenvalue weighted by Gasteiger charge is 2.47. The lowest BCUT2D eigenvalue weighted by Crippen LogP contribution is -2.43. The molecule has 0 bridgehead atoms. The van der Waals surface area contributed by atoms with Gasteiger partial charge in [0.05, 0.1) is 12.9 Å². The van der Waals surface area contributed by atoms with Crippen LogP contribution >= 0.6 is 0 Å². The topological polar surface area (TPSA) is 113 Å². The molecule has 154 valence electrons. The predicted molar refractivity (Wildman–Crippen MR) is 102 cm³/mol. The van der Waals surface area contributed by atoms with Gasteiger partial charge in [0.15, 0.2) is 17.7 Å². The second kappa shape index (κ2) is 9.34. The first-order valence-corrected chi connectivity index (χ1v) is 11.7. The number of aromatic amines is 1. The van der Waals surface area contributed by atoms with Crippen LogP contribution in [0.2, 0.25) is 0 Å². The Morgan fingerprint density at radius 2 is 2.29 bits per heavy atom. The zero-order chi connectivity index (χ0) is 19.3. The van der Waals surface area contributed by atoms with Gasteiger partial charge >= 0.3 is 6.08 Å². The number of unbranched alkanes of at least 4 members (excludes halogenated alkanes) is 2. The maximum absolute atomic E-state index is 13.8. The molecule has 2 aromatic heterocycles. The third-order valence-electron chi connectivity index (χ3n) is 4.70. The van der Waals surface area contributed by atoms with E-state index in [2.05, 4.69) is 32.2 Å². The molecule has 2 aliphatic heterocycles. The van der Waals surface area contributed by atoms with Crippen LogP contribution in [0.15, 0.2) is 6.33 Å². The first kappa shape index (κ1) is 19.8. The number of hydrogen-bond acceptors (Lipinski definition) is 9. The molecular weight excluding hydrogens is 405 g/mol. The van der Waals surface area contributed by atoms with Crippen molar-refractivity contribution in [3.8, 4) is 0 Å². The number of rotatable bonds is 7. The van der Waals surface area contributed by atoms with Crippen LogP contribution in [0.3, 0.4) is 0 Å². The van der Waals surface area contributed by atoms with E-state index in [4.69, 9.17) is 22.4 Å². The van der Waals surface area contributed by atoms with Crippen molar-refractivity contribution in [2.75, 3.05) is 18.5 Å². The summed E-state index contributed by atoms with van der Waals surface area (Å²) in [6.45, 7) is 3.11. The van der Waals surface area contributed by atoms with E-state index in [1.165, 1.54) is 6.33 Å². The first-order chi connectivity index (χ1) is 13.8. The largest absolute Gasteiger partial charge is 0.424 e. The van der Waals surface area contributed by atoms with Crippen LogP contribution in [0.25, 0.3) is 11.2 Å². The molecule has 0 amide bonds. The molecule has 4 rings (SSSR count). The monoisotopic (exact) mass is 429 g/mol. The molecule has 0 saturated carbocycles. The van der Waals surface area contributed by atoms with Gasteiger partial charge < -0.3 is 32.7 Å². The van der Waals surface area contributed by atoms with Crippen molar-refractivity contribution in [1.29, 1.82) is 0 Å². The van der Waals surface area contributed by atoms with E-state index in [9.17, 15) is 4.39 Å². The molecule has 1 unspecified atom stereocenters. The van der Waals surface area contributed by atoms with Crippen molar-refractivity contribution < 1.29 is 26.8 Å². The summed E-state index contributed by atoms with van der Waals surface area (Å²) in [5.41, 5.74) is 0.743. The highest BCUT2D eigenvalue weighted by molar-refractivity contribution is 6.34. The number of fused-ring (bicyclic) bond motifs is 2. The molecule has 2 N–H and O–H groups in total. The number of imidazole rings is 1. The van der Waals surface area contributed by atoms with Gasteiger partial charge in [-0.1, -0.05) is 19.8 Å². The molecule has 28 heavy (non-hydrogen) atoms. The average molecular weight is 430 g/mol. The van der Waals surface area contributed by atoms with Gasteiger partial charge in [-0.15, -0.1) is 0 Å². The minimum atomic E-state index is -1.14. The summed E-state index contributed by atoms with van der Waals surface area (Å²) in [6.07, 6.45) is 2.17. The molecule has 13 heteroatoms. The smallest absolute Gasteiger partial charge is 0.312 e. The number of H-pyrrole nitrogens is 1. The second-order valence-electron chi connectivity index (χ2n) is 6.67. The Labute approximate surface area is 166 Å². The first-order valence-electron chi connectivity index (χ1n) is 9.43. The summed E-state index contributed by atoms with van der Waals surface area (Å²) < 4.78 is 43.2. The Kier molecular flexibility index (Phi) is 6.61. The van der Waals surface area contributed by atoms with Gasteiger partial charge in [-0.05, 0) is 6.42 Å². The summed E-state index contributed by atoms with van der Waals surface area (Å²) in [4.78, 5) is 14.4. The number of nitrogens with zero attached hydrogens (tertiary/aromatic N) is 3. The van der Waals surface area contributed by atoms with Crippen molar-refractivity contribution in [2.45, 2.75) is 50.7 Å². The van der Waals surface area contributed by atoms with E-state index in [1.807, 2.05) is 0 Å². The molecule has 4 heterocycles. The number of hydrogen-bond donors (Lipinski definition) is 2. The predicted octanol–water partition coefficient (Wildman–Crippen LogP) is -0.366. The van der Waals surface area contributed by atoms with Gasteiger partial charge in [-0.2, -0.15) is 14.4 Å². The minimum absolute atomic E-state index is 0.241. The van der Waals surface area contributed by atoms with Crippen LogP contribution in [0.1, 0.15) is 26.2 Å². The molecule has 2 saturated heterocycles. The molecule has 4 atom stereocenters. The zero-order valence-electron chi connectivity index (χ0n) is 15.6. The van der Waals surface area contributed by atoms with Crippen LogP contribution in [0.5, 0.6) is 0 Å². The summed E-state index contributed by atoms with van der Waals surface area (Å²) in [5.74, 6) is 0.269. The van der Waals surface area contributed by atoms with Gasteiger partial charge in [0, 0.05) is 6.61 Å². The number of ether oxygens (including phenoxy) is 2. The Morgan fingerprint density at radius 3 is 3.18 bits per heavy atom. The fourth-order valence-electron chi connectivity index (χ4n) is 3.36. The number of anilines is 1. The Hall–Kier alpha value is -1.49. The Bertz CT molecular complexity index is 786. The highest BCUT2D eigenvalue weighted by atomic mass is 28.3. The molecule has 0 spiro atoms. The molecular formula is C15H24FN5O5Si2. The lowest BCUT2D eigenvalue weighted by Gasteiger charge is -2.26. The van der Waals surface area contributed by atoms with Gasteiger partial charge in [-0.3, -0.25) is 0 Å². The van der Waals surface area contributed by atoms with Crippen molar-refractivity contribution >= 4 is 37.0 Å². The van der Waals surface area contributed by atoms with Crippen molar-refractivity contribution in [3.05, 3.63) is 12.4 Å². The zero-order valence-corrected chi connectivity index (χ0v) is 18.4. The SMILES string of the molecule is CCCCCO[C@@H]1C(Nc2nc(F)nc3nc[nH]c23)O[C@@H]2CO[SiH2]O[SiH2]O[C@@H]12. The Balaban J connectivity index is 1.54. The van der Waals surface area contributed by atoms with E-state index in [-0.39, 0.29) is 23.7 Å². The quantitative estimate of drug-likeness (QED) is 0.346. The molecule has 2 aliphatic rings. The fourth-order valence-corrected chi connectivity index (χ4v) is 5.38. The van der Waals surface area contributed by atoms with Crippen LogP contribution in [-0.2, 0) is 22.4 Å². The third-order valence-corrected chi connectivity index (χ3v) is 6.95. The maximum Gasteiger partial charge on any atom is 0.312 e. The molecule has 0 radical (unpaired) electrons. The van der Waals surface area contributed by atoms with Crippen molar-refractivity contribution in [1.82, 2.24) is 19.9 Å². The minimum Gasteiger partial charge on any atom is -0.424 e. The molecule has 0 aliphatic carbocycles.